The smallest absolute Gasteiger partial charge is 0.164 e. The summed E-state index contributed by atoms with van der Waals surface area (Å²) >= 11 is 0. The van der Waals surface area contributed by atoms with E-state index < -0.39 is 0 Å². The molecule has 258 valence electrons. The number of nitriles is 1. The van der Waals surface area contributed by atoms with Gasteiger partial charge < -0.3 is 0 Å². The topological polar surface area (TPSA) is 62.5 Å². The van der Waals surface area contributed by atoms with Crippen molar-refractivity contribution in [1.29, 1.82) is 5.26 Å². The zero-order valence-corrected chi connectivity index (χ0v) is 30.0. The van der Waals surface area contributed by atoms with Crippen LogP contribution in [-0.2, 0) is 5.41 Å². The Hall–Kier alpha value is -6.18. The highest BCUT2D eigenvalue weighted by molar-refractivity contribution is 5.95. The van der Waals surface area contributed by atoms with E-state index in [1.807, 2.05) is 36.4 Å². The largest absolute Gasteiger partial charge is 0.208 e. The molecule has 4 nitrogen and oxygen atoms in total. The molecule has 4 fully saturated rings. The number of hydrogen-bond acceptors (Lipinski definition) is 4. The van der Waals surface area contributed by atoms with Crippen molar-refractivity contribution in [3.8, 4) is 73.6 Å². The number of aromatic nitrogens is 3. The molecule has 0 saturated heterocycles. The van der Waals surface area contributed by atoms with E-state index in [0.717, 1.165) is 39.7 Å². The molecule has 0 atom stereocenters. The molecule has 0 aliphatic heterocycles. The summed E-state index contributed by atoms with van der Waals surface area (Å²) in [7, 11) is 0. The van der Waals surface area contributed by atoms with Gasteiger partial charge in [-0.2, -0.15) is 5.26 Å². The number of rotatable bonds is 5. The van der Waals surface area contributed by atoms with Crippen LogP contribution in [0.2, 0.25) is 0 Å². The lowest BCUT2D eigenvalue weighted by molar-refractivity contribution is -0.0399. The van der Waals surface area contributed by atoms with Crippen molar-refractivity contribution in [2.75, 3.05) is 0 Å². The molecule has 0 N–H and O–H groups in total. The normalized spacial score (nSPS) is 22.9. The molecule has 0 radical (unpaired) electrons. The van der Waals surface area contributed by atoms with Crippen LogP contribution in [0.3, 0.4) is 0 Å². The molecule has 5 aliphatic carbocycles. The zero-order chi connectivity index (χ0) is 35.8. The summed E-state index contributed by atoms with van der Waals surface area (Å²) in [6, 6.07) is 53.9. The molecule has 7 aromatic rings. The number of fused-ring (bicyclic) bond motifs is 3. The molecule has 5 aliphatic rings. The van der Waals surface area contributed by atoms with Crippen LogP contribution in [0.1, 0.15) is 48.8 Å². The summed E-state index contributed by atoms with van der Waals surface area (Å²) in [5.41, 5.74) is 13.9. The molecule has 4 saturated carbocycles. The molecule has 54 heavy (non-hydrogen) atoms. The van der Waals surface area contributed by atoms with Gasteiger partial charge in [-0.1, -0.05) is 121 Å². The molecule has 1 spiro atoms. The van der Waals surface area contributed by atoms with Crippen LogP contribution in [0.25, 0.3) is 67.5 Å². The third kappa shape index (κ3) is 4.78. The molecule has 1 heterocycles. The number of nitrogens with zero attached hydrogens (tertiary/aromatic N) is 4. The first-order chi connectivity index (χ1) is 26.7. The van der Waals surface area contributed by atoms with Crippen LogP contribution in [0.4, 0.5) is 0 Å². The van der Waals surface area contributed by atoms with Crippen molar-refractivity contribution in [3.63, 3.8) is 0 Å². The van der Waals surface area contributed by atoms with Crippen LogP contribution >= 0.6 is 0 Å². The minimum absolute atomic E-state index is 0.0779. The van der Waals surface area contributed by atoms with Crippen molar-refractivity contribution in [2.45, 2.75) is 37.5 Å². The van der Waals surface area contributed by atoms with Gasteiger partial charge in [-0.05, 0) is 125 Å². The molecule has 0 unspecified atom stereocenters. The Morgan fingerprint density at radius 1 is 0.444 bits per heavy atom. The van der Waals surface area contributed by atoms with Crippen LogP contribution in [0.15, 0.2) is 146 Å². The van der Waals surface area contributed by atoms with Gasteiger partial charge >= 0.3 is 0 Å². The summed E-state index contributed by atoms with van der Waals surface area (Å²) in [5, 5.41) is 10.4. The van der Waals surface area contributed by atoms with E-state index in [-0.39, 0.29) is 5.41 Å². The Bertz CT molecular complexity index is 2540. The summed E-state index contributed by atoms with van der Waals surface area (Å²) < 4.78 is 0. The highest BCUT2D eigenvalue weighted by atomic mass is 15.0. The SMILES string of the molecule is N#Cc1cc(-c2ccccc2)c2c(c1)C1(c3cc(-c4cccc(-c5nc(-c6ccccc6)nc(-c6ccccc6)n5)c4)ccc3-2)C2CC3CC(C2)CC1C3. The lowest BCUT2D eigenvalue weighted by Crippen LogP contribution is -2.55. The second-order valence-corrected chi connectivity index (χ2v) is 16.0. The van der Waals surface area contributed by atoms with E-state index in [4.69, 9.17) is 15.0 Å². The predicted octanol–water partition coefficient (Wildman–Crippen LogP) is 11.8. The van der Waals surface area contributed by atoms with Gasteiger partial charge in [0.1, 0.15) is 0 Å². The third-order valence-electron chi connectivity index (χ3n) is 13.1. The first-order valence-electron chi connectivity index (χ1n) is 19.4. The molecule has 6 aromatic carbocycles. The van der Waals surface area contributed by atoms with Crippen LogP contribution in [0.5, 0.6) is 0 Å². The Labute approximate surface area is 316 Å². The van der Waals surface area contributed by atoms with Gasteiger partial charge in [-0.3, -0.25) is 0 Å². The van der Waals surface area contributed by atoms with Gasteiger partial charge in [0.15, 0.2) is 17.5 Å². The Morgan fingerprint density at radius 3 is 1.56 bits per heavy atom. The molecular weight excluding hydrogens is 657 g/mol. The molecule has 0 amide bonds. The van der Waals surface area contributed by atoms with Gasteiger partial charge in [-0.25, -0.2) is 15.0 Å². The van der Waals surface area contributed by atoms with Gasteiger partial charge in [0.25, 0.3) is 0 Å². The summed E-state index contributed by atoms with van der Waals surface area (Å²) in [4.78, 5) is 15.0. The summed E-state index contributed by atoms with van der Waals surface area (Å²) in [5.74, 6) is 4.83. The Morgan fingerprint density at radius 2 is 0.963 bits per heavy atom. The first kappa shape index (κ1) is 31.4. The highest BCUT2D eigenvalue weighted by Crippen LogP contribution is 2.70. The standard InChI is InChI=1S/C50H38N4/c51-30-33-26-43(34-11-4-1-5-12-34)46-42-20-19-38(29-44(42)50(45(46)27-33)40-22-31-21-32(24-40)25-41(50)23-31)37-17-10-18-39(28-37)49-53-47(35-13-6-2-7-14-35)52-48(54-49)36-15-8-3-9-16-36/h1-20,26-29,31-32,40-41H,21-25H2. The number of hydrogen-bond donors (Lipinski definition) is 0. The zero-order valence-electron chi connectivity index (χ0n) is 30.0. The van der Waals surface area contributed by atoms with E-state index in [1.54, 1.807) is 0 Å². The van der Waals surface area contributed by atoms with Crippen LogP contribution in [0, 0.1) is 35.0 Å². The van der Waals surface area contributed by atoms with Gasteiger partial charge in [0.05, 0.1) is 11.6 Å². The predicted molar refractivity (Wildman–Crippen MR) is 215 cm³/mol. The van der Waals surface area contributed by atoms with Crippen LogP contribution in [-0.4, -0.2) is 15.0 Å². The van der Waals surface area contributed by atoms with E-state index in [2.05, 4.69) is 115 Å². The average molecular weight is 695 g/mol. The highest BCUT2D eigenvalue weighted by Gasteiger charge is 2.62. The maximum Gasteiger partial charge on any atom is 0.164 e. The van der Waals surface area contributed by atoms with Crippen molar-refractivity contribution < 1.29 is 0 Å². The lowest BCUT2D eigenvalue weighted by Gasteiger charge is -2.61. The van der Waals surface area contributed by atoms with Crippen molar-refractivity contribution in [3.05, 3.63) is 162 Å². The molecular formula is C50H38N4. The summed E-state index contributed by atoms with van der Waals surface area (Å²) in [6.07, 6.45) is 6.55. The van der Waals surface area contributed by atoms with E-state index in [9.17, 15) is 5.26 Å². The number of benzene rings is 6. The minimum atomic E-state index is -0.0779. The van der Waals surface area contributed by atoms with Gasteiger partial charge in [-0.15, -0.1) is 0 Å². The molecule has 1 aromatic heterocycles. The fourth-order valence-corrected chi connectivity index (χ4v) is 11.2. The second kappa shape index (κ2) is 12.2. The quantitative estimate of drug-likeness (QED) is 0.180. The minimum Gasteiger partial charge on any atom is -0.208 e. The van der Waals surface area contributed by atoms with Crippen molar-refractivity contribution >= 4 is 0 Å². The van der Waals surface area contributed by atoms with Crippen molar-refractivity contribution in [2.24, 2.45) is 23.7 Å². The van der Waals surface area contributed by atoms with Gasteiger partial charge in [0, 0.05) is 22.1 Å². The maximum absolute atomic E-state index is 10.4. The fraction of sp³-hybridized carbons (Fsp3) is 0.200. The molecule has 4 bridgehead atoms. The molecule has 12 rings (SSSR count). The summed E-state index contributed by atoms with van der Waals surface area (Å²) in [6.45, 7) is 0. The second-order valence-electron chi connectivity index (χ2n) is 16.0. The Balaban J connectivity index is 1.08. The molecule has 4 heteroatoms. The lowest BCUT2D eigenvalue weighted by atomic mass is 9.43. The van der Waals surface area contributed by atoms with Gasteiger partial charge in [0.2, 0.25) is 0 Å². The first-order valence-corrected chi connectivity index (χ1v) is 19.4. The van der Waals surface area contributed by atoms with Crippen molar-refractivity contribution in [1.82, 2.24) is 15.0 Å². The van der Waals surface area contributed by atoms with Crippen LogP contribution < -0.4 is 0 Å². The third-order valence-corrected chi connectivity index (χ3v) is 13.1. The van der Waals surface area contributed by atoms with E-state index in [1.165, 1.54) is 71.0 Å². The van der Waals surface area contributed by atoms with E-state index >= 15 is 0 Å². The fourth-order valence-electron chi connectivity index (χ4n) is 11.2. The maximum atomic E-state index is 10.4. The monoisotopic (exact) mass is 694 g/mol. The average Bonchev–Trinajstić information content (AvgIpc) is 3.53. The Kier molecular flexibility index (Phi) is 7.07. The van der Waals surface area contributed by atoms with E-state index in [0.29, 0.717) is 29.3 Å².